The Morgan fingerprint density at radius 3 is 3.12 bits per heavy atom. The molecule has 0 spiro atoms. The lowest BCUT2D eigenvalue weighted by Crippen LogP contribution is -2.39. The topological polar surface area (TPSA) is 57.0 Å². The van der Waals surface area contributed by atoms with Gasteiger partial charge in [-0.1, -0.05) is 19.1 Å². The maximum absolute atomic E-state index is 12.8. The quantitative estimate of drug-likeness (QED) is 0.851. The Labute approximate surface area is 146 Å². The molecule has 124 valence electrons. The second-order valence-electron chi connectivity index (χ2n) is 6.16. The van der Waals surface area contributed by atoms with Crippen LogP contribution in [0.3, 0.4) is 0 Å². The minimum atomic E-state index is 0.0618. The summed E-state index contributed by atoms with van der Waals surface area (Å²) in [6.07, 6.45) is 3.39. The lowest BCUT2D eigenvalue weighted by Gasteiger charge is -2.32. The highest BCUT2D eigenvalue weighted by Crippen LogP contribution is 2.30. The highest BCUT2D eigenvalue weighted by atomic mass is 32.1. The smallest absolute Gasteiger partial charge is 0.253 e. The zero-order chi connectivity index (χ0) is 16.9. The molecule has 0 radical (unpaired) electrons. The van der Waals surface area contributed by atoms with Crippen LogP contribution in [0, 0.1) is 11.3 Å². The standard InChI is InChI=1S/C19H21N3OS/c1-2-17-13-24-18(21-17)16-7-4-10-22(12-16)19(23)15-6-3-5-14(11-15)8-9-20/h3,5-6,11,13,16H,2,4,7-8,10,12H2,1H3. The van der Waals surface area contributed by atoms with E-state index in [1.807, 2.05) is 29.2 Å². The molecule has 1 atom stereocenters. The molecule has 2 heterocycles. The summed E-state index contributed by atoms with van der Waals surface area (Å²) < 4.78 is 0. The predicted molar refractivity (Wildman–Crippen MR) is 95.1 cm³/mol. The normalized spacial score (nSPS) is 17.5. The fourth-order valence-electron chi connectivity index (χ4n) is 3.12. The number of carbonyl (C=O) groups excluding carboxylic acids is 1. The molecule has 1 saturated heterocycles. The molecule has 1 fully saturated rings. The number of aryl methyl sites for hydroxylation is 1. The molecular weight excluding hydrogens is 318 g/mol. The summed E-state index contributed by atoms with van der Waals surface area (Å²) in [5.74, 6) is 0.405. The van der Waals surface area contributed by atoms with Gasteiger partial charge >= 0.3 is 0 Å². The van der Waals surface area contributed by atoms with Crippen LogP contribution in [0.1, 0.15) is 52.3 Å². The third-order valence-electron chi connectivity index (χ3n) is 4.45. The molecule has 1 aliphatic rings. The van der Waals surface area contributed by atoms with E-state index in [9.17, 15) is 4.79 Å². The van der Waals surface area contributed by atoms with Gasteiger partial charge in [0.25, 0.3) is 5.91 Å². The van der Waals surface area contributed by atoms with Gasteiger partial charge in [-0.3, -0.25) is 4.79 Å². The van der Waals surface area contributed by atoms with Crippen molar-refractivity contribution in [3.8, 4) is 6.07 Å². The van der Waals surface area contributed by atoms with Gasteiger partial charge in [0.15, 0.2) is 0 Å². The molecule has 3 rings (SSSR count). The number of carbonyl (C=O) groups is 1. The van der Waals surface area contributed by atoms with E-state index in [1.165, 1.54) is 0 Å². The second-order valence-corrected chi connectivity index (χ2v) is 7.05. The largest absolute Gasteiger partial charge is 0.338 e. The number of benzene rings is 1. The van der Waals surface area contributed by atoms with Crippen LogP contribution < -0.4 is 0 Å². The molecule has 1 aromatic heterocycles. The monoisotopic (exact) mass is 339 g/mol. The first-order chi connectivity index (χ1) is 11.7. The number of piperidine rings is 1. The molecule has 2 aromatic rings. The van der Waals surface area contributed by atoms with Crippen LogP contribution in [0.15, 0.2) is 29.6 Å². The first-order valence-corrected chi connectivity index (χ1v) is 9.28. The molecule has 0 aliphatic carbocycles. The lowest BCUT2D eigenvalue weighted by atomic mass is 9.97. The Hall–Kier alpha value is -2.19. The van der Waals surface area contributed by atoms with Gasteiger partial charge in [0.2, 0.25) is 0 Å². The zero-order valence-electron chi connectivity index (χ0n) is 13.9. The van der Waals surface area contributed by atoms with Gasteiger partial charge in [0.1, 0.15) is 0 Å². The summed E-state index contributed by atoms with van der Waals surface area (Å²) >= 11 is 1.71. The lowest BCUT2D eigenvalue weighted by molar-refractivity contribution is 0.0707. The average Bonchev–Trinajstić information content (AvgIpc) is 3.11. The first-order valence-electron chi connectivity index (χ1n) is 8.40. The summed E-state index contributed by atoms with van der Waals surface area (Å²) in [7, 11) is 0. The molecule has 5 heteroatoms. The van der Waals surface area contributed by atoms with E-state index < -0.39 is 0 Å². The van der Waals surface area contributed by atoms with E-state index in [-0.39, 0.29) is 5.91 Å². The van der Waals surface area contributed by atoms with Crippen LogP contribution in [0.4, 0.5) is 0 Å². The third kappa shape index (κ3) is 3.65. The van der Waals surface area contributed by atoms with E-state index in [4.69, 9.17) is 10.2 Å². The fraction of sp³-hybridized carbons (Fsp3) is 0.421. The molecule has 0 N–H and O–H groups in total. The van der Waals surface area contributed by atoms with Gasteiger partial charge in [0.05, 0.1) is 23.2 Å². The first kappa shape index (κ1) is 16.7. The summed E-state index contributed by atoms with van der Waals surface area (Å²) in [5.41, 5.74) is 2.71. The Bertz CT molecular complexity index is 762. The summed E-state index contributed by atoms with van der Waals surface area (Å²) in [6.45, 7) is 3.64. The fourth-order valence-corrected chi connectivity index (χ4v) is 4.15. The Morgan fingerprint density at radius 2 is 2.38 bits per heavy atom. The SMILES string of the molecule is CCc1csc(C2CCCN(C(=O)c3cccc(CC#N)c3)C2)n1. The van der Waals surface area contributed by atoms with Gasteiger partial charge in [-0.2, -0.15) is 5.26 Å². The van der Waals surface area contributed by atoms with Crippen molar-refractivity contribution in [3.05, 3.63) is 51.5 Å². The maximum Gasteiger partial charge on any atom is 0.253 e. The number of amides is 1. The number of hydrogen-bond donors (Lipinski definition) is 0. The maximum atomic E-state index is 12.8. The predicted octanol–water partition coefficient (Wildman–Crippen LogP) is 3.79. The van der Waals surface area contributed by atoms with Crippen LogP contribution >= 0.6 is 11.3 Å². The molecule has 1 aliphatic heterocycles. The highest BCUT2D eigenvalue weighted by molar-refractivity contribution is 7.09. The van der Waals surface area contributed by atoms with E-state index in [0.29, 0.717) is 17.9 Å². The number of thiazole rings is 1. The van der Waals surface area contributed by atoms with Gasteiger partial charge < -0.3 is 4.90 Å². The molecule has 4 nitrogen and oxygen atoms in total. The zero-order valence-corrected chi connectivity index (χ0v) is 14.7. The molecule has 1 amide bonds. The molecular formula is C19H21N3OS. The van der Waals surface area contributed by atoms with E-state index in [1.54, 1.807) is 11.3 Å². The number of hydrogen-bond acceptors (Lipinski definition) is 4. The number of aromatic nitrogens is 1. The van der Waals surface area contributed by atoms with E-state index >= 15 is 0 Å². The Morgan fingerprint density at radius 1 is 1.50 bits per heavy atom. The van der Waals surface area contributed by atoms with Crippen molar-refractivity contribution in [2.24, 2.45) is 0 Å². The van der Waals surface area contributed by atoms with Crippen LogP contribution in [-0.4, -0.2) is 28.9 Å². The van der Waals surface area contributed by atoms with Gasteiger partial charge in [-0.15, -0.1) is 11.3 Å². The van der Waals surface area contributed by atoms with Crippen molar-refractivity contribution in [2.45, 2.75) is 38.5 Å². The summed E-state index contributed by atoms with van der Waals surface area (Å²) in [6, 6.07) is 9.56. The summed E-state index contributed by atoms with van der Waals surface area (Å²) in [4.78, 5) is 19.5. The average molecular weight is 339 g/mol. The van der Waals surface area contributed by atoms with Crippen molar-refractivity contribution in [3.63, 3.8) is 0 Å². The Balaban J connectivity index is 1.73. The van der Waals surface area contributed by atoms with Crippen molar-refractivity contribution in [1.29, 1.82) is 5.26 Å². The van der Waals surface area contributed by atoms with Crippen LogP contribution in [0.25, 0.3) is 0 Å². The van der Waals surface area contributed by atoms with Gasteiger partial charge in [-0.05, 0) is 37.0 Å². The van der Waals surface area contributed by atoms with E-state index in [2.05, 4.69) is 18.4 Å². The Kier molecular flexibility index (Phi) is 5.27. The molecule has 1 aromatic carbocycles. The molecule has 0 bridgehead atoms. The molecule has 1 unspecified atom stereocenters. The minimum absolute atomic E-state index is 0.0618. The number of likely N-dealkylation sites (tertiary alicyclic amines) is 1. The minimum Gasteiger partial charge on any atom is -0.338 e. The molecule has 24 heavy (non-hydrogen) atoms. The van der Waals surface area contributed by atoms with Crippen molar-refractivity contribution < 1.29 is 4.79 Å². The van der Waals surface area contributed by atoms with E-state index in [0.717, 1.165) is 48.6 Å². The van der Waals surface area contributed by atoms with Crippen LogP contribution in [0.5, 0.6) is 0 Å². The second kappa shape index (κ2) is 7.59. The van der Waals surface area contributed by atoms with Gasteiger partial charge in [0, 0.05) is 30.0 Å². The molecule has 0 saturated carbocycles. The van der Waals surface area contributed by atoms with Crippen molar-refractivity contribution in [2.75, 3.05) is 13.1 Å². The van der Waals surface area contributed by atoms with Crippen molar-refractivity contribution >= 4 is 17.2 Å². The summed E-state index contributed by atoms with van der Waals surface area (Å²) in [5, 5.41) is 12.1. The number of rotatable bonds is 4. The number of nitriles is 1. The number of nitrogens with zero attached hydrogens (tertiary/aromatic N) is 3. The van der Waals surface area contributed by atoms with Crippen molar-refractivity contribution in [1.82, 2.24) is 9.88 Å². The van der Waals surface area contributed by atoms with Gasteiger partial charge in [-0.25, -0.2) is 4.98 Å². The van der Waals surface area contributed by atoms with Crippen LogP contribution in [0.2, 0.25) is 0 Å². The van der Waals surface area contributed by atoms with Crippen LogP contribution in [-0.2, 0) is 12.8 Å². The highest BCUT2D eigenvalue weighted by Gasteiger charge is 2.27. The third-order valence-corrected chi connectivity index (χ3v) is 5.50.